The Morgan fingerprint density at radius 3 is 3.12 bits per heavy atom. The lowest BCUT2D eigenvalue weighted by molar-refractivity contribution is 0.0831. The molecule has 0 aliphatic carbocycles. The van der Waals surface area contributed by atoms with Gasteiger partial charge in [-0.15, -0.1) is 0 Å². The Morgan fingerprint density at radius 1 is 1.62 bits per heavy atom. The fraction of sp³-hybridized carbons (Fsp3) is 0.182. The maximum atomic E-state index is 10.1. The van der Waals surface area contributed by atoms with E-state index in [0.717, 1.165) is 5.56 Å². The average Bonchev–Trinajstić information content (AvgIpc) is 2.29. The highest BCUT2D eigenvalue weighted by atomic mass is 35.5. The first kappa shape index (κ1) is 12.5. The summed E-state index contributed by atoms with van der Waals surface area (Å²) in [5.41, 5.74) is 3.87. The largest absolute Gasteiger partial charge is 0.277 e. The van der Waals surface area contributed by atoms with Crippen molar-refractivity contribution in [1.29, 1.82) is 0 Å². The lowest BCUT2D eigenvalue weighted by Gasteiger charge is -2.00. The van der Waals surface area contributed by atoms with Gasteiger partial charge in [-0.25, -0.2) is 4.79 Å². The van der Waals surface area contributed by atoms with Crippen molar-refractivity contribution in [3.8, 4) is 0 Å². The molecule has 0 aliphatic heterocycles. The van der Waals surface area contributed by atoms with Gasteiger partial charge in [0.1, 0.15) is 0 Å². The van der Waals surface area contributed by atoms with Crippen LogP contribution >= 0.6 is 11.6 Å². The van der Waals surface area contributed by atoms with E-state index in [1.165, 1.54) is 6.08 Å². The number of rotatable bonds is 5. The van der Waals surface area contributed by atoms with Crippen LogP contribution in [0, 0.1) is 0 Å². The van der Waals surface area contributed by atoms with Gasteiger partial charge in [0.15, 0.2) is 0 Å². The van der Waals surface area contributed by atoms with Crippen molar-refractivity contribution in [2.75, 3.05) is 6.61 Å². The number of hydroxylamine groups is 1. The van der Waals surface area contributed by atoms with E-state index in [1.54, 1.807) is 30.5 Å². The second-order valence-electron chi connectivity index (χ2n) is 2.79. The number of nitrogens with one attached hydrogen (secondary N) is 1. The van der Waals surface area contributed by atoms with Gasteiger partial charge in [-0.2, -0.15) is 4.99 Å². The lowest BCUT2D eigenvalue weighted by atomic mass is 10.2. The molecule has 5 heteroatoms. The maximum Gasteiger partial charge on any atom is 0.240 e. The third-order valence-electron chi connectivity index (χ3n) is 1.71. The summed E-state index contributed by atoms with van der Waals surface area (Å²) < 4.78 is 0. The molecule has 0 radical (unpaired) electrons. The van der Waals surface area contributed by atoms with Crippen molar-refractivity contribution in [2.24, 2.45) is 4.99 Å². The SMILES string of the molecule is CCONC=Cc1cc(N=C=O)ccc1Cl. The van der Waals surface area contributed by atoms with Crippen LogP contribution in [0.2, 0.25) is 5.02 Å². The summed E-state index contributed by atoms with van der Waals surface area (Å²) in [6, 6.07) is 4.98. The van der Waals surface area contributed by atoms with Crippen LogP contribution in [0.25, 0.3) is 6.08 Å². The van der Waals surface area contributed by atoms with Gasteiger partial charge in [0.2, 0.25) is 6.08 Å². The molecule has 0 unspecified atom stereocenters. The van der Waals surface area contributed by atoms with Crippen molar-refractivity contribution < 1.29 is 9.63 Å². The number of carbonyl (C=O) groups excluding carboxylic acids is 1. The number of isocyanates is 1. The third kappa shape index (κ3) is 3.87. The Balaban J connectivity index is 2.81. The second-order valence-corrected chi connectivity index (χ2v) is 3.20. The highest BCUT2D eigenvalue weighted by Gasteiger charge is 1.97. The topological polar surface area (TPSA) is 50.7 Å². The minimum Gasteiger partial charge on any atom is -0.277 e. The molecule has 0 bridgehead atoms. The highest BCUT2D eigenvalue weighted by molar-refractivity contribution is 6.32. The monoisotopic (exact) mass is 238 g/mol. The van der Waals surface area contributed by atoms with Crippen LogP contribution in [0.5, 0.6) is 0 Å². The van der Waals surface area contributed by atoms with Gasteiger partial charge in [-0.3, -0.25) is 10.3 Å². The molecule has 1 aromatic carbocycles. The Hall–Kier alpha value is -1.61. The second kappa shape index (κ2) is 6.80. The molecule has 0 saturated carbocycles. The van der Waals surface area contributed by atoms with Crippen LogP contribution in [0.1, 0.15) is 12.5 Å². The minimum atomic E-state index is 0.510. The smallest absolute Gasteiger partial charge is 0.240 e. The Kier molecular flexibility index (Phi) is 5.29. The molecular weight excluding hydrogens is 228 g/mol. The number of aliphatic imine (C=N–C) groups is 1. The van der Waals surface area contributed by atoms with Gasteiger partial charge < -0.3 is 0 Å². The standard InChI is InChI=1S/C11H11ClN2O2/c1-2-16-14-6-5-9-7-10(13-8-15)3-4-11(9)12/h3-7,14H,2H2,1H3. The number of halogens is 1. The minimum absolute atomic E-state index is 0.510. The Morgan fingerprint density at radius 2 is 2.44 bits per heavy atom. The fourth-order valence-corrected chi connectivity index (χ4v) is 1.22. The van der Waals surface area contributed by atoms with E-state index in [0.29, 0.717) is 17.3 Å². The molecule has 1 aromatic rings. The van der Waals surface area contributed by atoms with Crippen molar-refractivity contribution in [1.82, 2.24) is 5.48 Å². The molecular formula is C11H11ClN2O2. The molecule has 0 fully saturated rings. The summed E-state index contributed by atoms with van der Waals surface area (Å²) in [5.74, 6) is 0. The third-order valence-corrected chi connectivity index (χ3v) is 2.06. The Labute approximate surface area is 98.5 Å². The van der Waals surface area contributed by atoms with E-state index in [1.807, 2.05) is 6.92 Å². The first-order chi connectivity index (χ1) is 7.77. The van der Waals surface area contributed by atoms with Crippen molar-refractivity contribution in [3.05, 3.63) is 35.0 Å². The summed E-state index contributed by atoms with van der Waals surface area (Å²) in [6.07, 6.45) is 4.81. The zero-order valence-corrected chi connectivity index (χ0v) is 9.49. The number of benzene rings is 1. The molecule has 0 spiro atoms. The molecule has 0 saturated heterocycles. The van der Waals surface area contributed by atoms with Crippen LogP contribution in [-0.4, -0.2) is 12.7 Å². The van der Waals surface area contributed by atoms with Crippen molar-refractivity contribution in [3.63, 3.8) is 0 Å². The van der Waals surface area contributed by atoms with E-state index < -0.39 is 0 Å². The number of nitrogens with zero attached hydrogens (tertiary/aromatic N) is 1. The number of hydrogen-bond donors (Lipinski definition) is 1. The molecule has 84 valence electrons. The molecule has 1 N–H and O–H groups in total. The first-order valence-electron chi connectivity index (χ1n) is 4.69. The van der Waals surface area contributed by atoms with Gasteiger partial charge in [0.25, 0.3) is 0 Å². The average molecular weight is 239 g/mol. The molecule has 0 amide bonds. The summed E-state index contributed by atoms with van der Waals surface area (Å²) in [6.45, 7) is 2.43. The normalized spacial score (nSPS) is 10.1. The van der Waals surface area contributed by atoms with Crippen LogP contribution in [0.15, 0.2) is 29.4 Å². The molecule has 4 nitrogen and oxygen atoms in total. The van der Waals surface area contributed by atoms with Gasteiger partial charge in [0.05, 0.1) is 12.3 Å². The van der Waals surface area contributed by atoms with Crippen LogP contribution in [-0.2, 0) is 9.63 Å². The first-order valence-corrected chi connectivity index (χ1v) is 5.07. The Bertz CT molecular complexity index is 426. The molecule has 16 heavy (non-hydrogen) atoms. The molecule has 0 aromatic heterocycles. The van der Waals surface area contributed by atoms with Crippen molar-refractivity contribution in [2.45, 2.75) is 6.92 Å². The summed E-state index contributed by atoms with van der Waals surface area (Å²) in [7, 11) is 0. The van der Waals surface area contributed by atoms with Gasteiger partial charge in [-0.1, -0.05) is 11.6 Å². The highest BCUT2D eigenvalue weighted by Crippen LogP contribution is 2.23. The van der Waals surface area contributed by atoms with Crippen LogP contribution in [0.4, 0.5) is 5.69 Å². The van der Waals surface area contributed by atoms with E-state index >= 15 is 0 Å². The maximum absolute atomic E-state index is 10.1. The lowest BCUT2D eigenvalue weighted by Crippen LogP contribution is -2.04. The quantitative estimate of drug-likeness (QED) is 0.371. The fourth-order valence-electron chi connectivity index (χ4n) is 1.04. The van der Waals surface area contributed by atoms with Gasteiger partial charge in [0, 0.05) is 11.2 Å². The van der Waals surface area contributed by atoms with E-state index in [9.17, 15) is 4.79 Å². The molecule has 0 aliphatic rings. The van der Waals surface area contributed by atoms with Gasteiger partial charge >= 0.3 is 0 Å². The zero-order valence-electron chi connectivity index (χ0n) is 8.74. The summed E-state index contributed by atoms with van der Waals surface area (Å²) in [5, 5.41) is 0.569. The summed E-state index contributed by atoms with van der Waals surface area (Å²) in [4.78, 5) is 18.5. The predicted octanol–water partition coefficient (Wildman–Crippen LogP) is 2.82. The van der Waals surface area contributed by atoms with Crippen LogP contribution in [0.3, 0.4) is 0 Å². The van der Waals surface area contributed by atoms with E-state index in [2.05, 4.69) is 10.5 Å². The molecule has 1 rings (SSSR count). The van der Waals surface area contributed by atoms with E-state index in [-0.39, 0.29) is 0 Å². The number of hydrogen-bond acceptors (Lipinski definition) is 4. The zero-order chi connectivity index (χ0) is 11.8. The van der Waals surface area contributed by atoms with E-state index in [4.69, 9.17) is 16.4 Å². The predicted molar refractivity (Wildman–Crippen MR) is 63.0 cm³/mol. The summed E-state index contributed by atoms with van der Waals surface area (Å²) >= 11 is 5.95. The van der Waals surface area contributed by atoms with Crippen molar-refractivity contribution >= 4 is 29.4 Å². The van der Waals surface area contributed by atoms with Crippen LogP contribution < -0.4 is 5.48 Å². The molecule has 0 heterocycles. The molecule has 0 atom stereocenters. The van der Waals surface area contributed by atoms with Gasteiger partial charge in [-0.05, 0) is 36.8 Å².